The molecule has 1 aromatic heterocycles. The van der Waals surface area contributed by atoms with Crippen molar-refractivity contribution in [3.05, 3.63) is 17.8 Å². The van der Waals surface area contributed by atoms with Crippen molar-refractivity contribution in [1.29, 1.82) is 0 Å². The third-order valence-corrected chi connectivity index (χ3v) is 3.77. The Morgan fingerprint density at radius 2 is 2.15 bits per heavy atom. The average Bonchev–Trinajstić information content (AvgIpc) is 2.90. The van der Waals surface area contributed by atoms with E-state index in [1.54, 1.807) is 6.07 Å². The lowest BCUT2D eigenvalue weighted by Gasteiger charge is -2.32. The number of hydrogen-bond donors (Lipinski definition) is 2. The van der Waals surface area contributed by atoms with Gasteiger partial charge in [0.05, 0.1) is 17.4 Å². The Labute approximate surface area is 119 Å². The second kappa shape index (κ2) is 6.11. The molecule has 0 aromatic carbocycles. The van der Waals surface area contributed by atoms with Crippen LogP contribution in [-0.2, 0) is 0 Å². The van der Waals surface area contributed by atoms with Crippen molar-refractivity contribution in [2.45, 2.75) is 45.6 Å². The molecule has 20 heavy (non-hydrogen) atoms. The van der Waals surface area contributed by atoms with Crippen LogP contribution in [0.5, 0.6) is 0 Å². The van der Waals surface area contributed by atoms with Crippen LogP contribution in [0.15, 0.2) is 12.3 Å². The van der Waals surface area contributed by atoms with Gasteiger partial charge in [-0.25, -0.2) is 9.78 Å². The minimum atomic E-state index is -0.998. The van der Waals surface area contributed by atoms with E-state index in [-0.39, 0.29) is 11.3 Å². The van der Waals surface area contributed by atoms with Crippen LogP contribution in [0.2, 0.25) is 0 Å². The van der Waals surface area contributed by atoms with Crippen LogP contribution in [0.1, 0.15) is 49.9 Å². The average molecular weight is 277 g/mol. The summed E-state index contributed by atoms with van der Waals surface area (Å²) in [4.78, 5) is 17.8. The monoisotopic (exact) mass is 277 g/mol. The summed E-state index contributed by atoms with van der Waals surface area (Å²) in [6.07, 6.45) is 6.24. The van der Waals surface area contributed by atoms with Crippen molar-refractivity contribution < 1.29 is 9.90 Å². The highest BCUT2D eigenvalue weighted by Gasteiger charge is 2.25. The topological polar surface area (TPSA) is 79.5 Å². The van der Waals surface area contributed by atoms with Crippen LogP contribution in [0.25, 0.3) is 0 Å². The number of nitrogens with zero attached hydrogens (tertiary/aromatic N) is 2. The molecule has 0 spiro atoms. The van der Waals surface area contributed by atoms with Crippen LogP contribution in [-0.4, -0.2) is 28.6 Å². The Morgan fingerprint density at radius 1 is 1.50 bits per heavy atom. The van der Waals surface area contributed by atoms with Gasteiger partial charge in [-0.2, -0.15) is 0 Å². The predicted octanol–water partition coefficient (Wildman–Crippen LogP) is 2.77. The molecule has 0 radical (unpaired) electrons. The van der Waals surface area contributed by atoms with Crippen molar-refractivity contribution >= 4 is 17.5 Å². The Bertz CT molecular complexity index is 482. The van der Waals surface area contributed by atoms with Crippen molar-refractivity contribution in [1.82, 2.24) is 4.98 Å². The van der Waals surface area contributed by atoms with Crippen LogP contribution in [0, 0.1) is 5.92 Å². The van der Waals surface area contributed by atoms with Crippen molar-refractivity contribution in [3.8, 4) is 0 Å². The van der Waals surface area contributed by atoms with Gasteiger partial charge in [-0.3, -0.25) is 0 Å². The molecular weight excluding hydrogens is 254 g/mol. The second-order valence-corrected chi connectivity index (χ2v) is 5.92. The van der Waals surface area contributed by atoms with E-state index in [4.69, 9.17) is 5.73 Å². The summed E-state index contributed by atoms with van der Waals surface area (Å²) in [6.45, 7) is 5.22. The molecule has 1 aliphatic carbocycles. The highest BCUT2D eigenvalue weighted by atomic mass is 16.4. The number of anilines is 2. The van der Waals surface area contributed by atoms with E-state index in [1.165, 1.54) is 19.0 Å². The summed E-state index contributed by atoms with van der Waals surface area (Å²) in [7, 11) is 0. The first kappa shape index (κ1) is 14.6. The molecule has 0 amide bonds. The molecule has 5 heteroatoms. The zero-order valence-corrected chi connectivity index (χ0v) is 12.2. The SMILES string of the molecule is CC(C)CN(c1cc(C(=O)O)c(N)cn1)C1CCCC1. The summed E-state index contributed by atoms with van der Waals surface area (Å²) in [5.41, 5.74) is 6.04. The smallest absolute Gasteiger partial charge is 0.337 e. The zero-order valence-electron chi connectivity index (χ0n) is 12.2. The van der Waals surface area contributed by atoms with Gasteiger partial charge in [-0.05, 0) is 24.8 Å². The number of hydrogen-bond acceptors (Lipinski definition) is 4. The highest BCUT2D eigenvalue weighted by molar-refractivity contribution is 5.94. The number of rotatable bonds is 5. The van der Waals surface area contributed by atoms with Crippen molar-refractivity contribution in [2.24, 2.45) is 5.92 Å². The summed E-state index contributed by atoms with van der Waals surface area (Å²) in [5, 5.41) is 9.19. The molecule has 0 bridgehead atoms. The lowest BCUT2D eigenvalue weighted by Crippen LogP contribution is -2.37. The number of aromatic nitrogens is 1. The zero-order chi connectivity index (χ0) is 14.7. The molecule has 110 valence electrons. The minimum absolute atomic E-state index is 0.141. The Kier molecular flexibility index (Phi) is 4.47. The summed E-state index contributed by atoms with van der Waals surface area (Å²) >= 11 is 0. The minimum Gasteiger partial charge on any atom is -0.478 e. The van der Waals surface area contributed by atoms with Crippen LogP contribution < -0.4 is 10.6 Å². The van der Waals surface area contributed by atoms with Gasteiger partial charge in [0, 0.05) is 12.6 Å². The molecule has 1 fully saturated rings. The Morgan fingerprint density at radius 3 is 2.70 bits per heavy atom. The van der Waals surface area contributed by atoms with E-state index >= 15 is 0 Å². The molecule has 1 aliphatic rings. The maximum Gasteiger partial charge on any atom is 0.337 e. The molecule has 1 heterocycles. The van der Waals surface area contributed by atoms with E-state index < -0.39 is 5.97 Å². The van der Waals surface area contributed by atoms with E-state index in [2.05, 4.69) is 23.7 Å². The fourth-order valence-corrected chi connectivity index (χ4v) is 2.84. The van der Waals surface area contributed by atoms with E-state index in [0.717, 1.165) is 25.2 Å². The normalized spacial score (nSPS) is 15.8. The number of pyridine rings is 1. The molecule has 5 nitrogen and oxygen atoms in total. The van der Waals surface area contributed by atoms with Gasteiger partial charge < -0.3 is 15.7 Å². The molecule has 1 saturated carbocycles. The summed E-state index contributed by atoms with van der Waals surface area (Å²) in [5.74, 6) is 0.238. The molecule has 0 aliphatic heterocycles. The fraction of sp³-hybridized carbons (Fsp3) is 0.600. The van der Waals surface area contributed by atoms with Gasteiger partial charge in [0.2, 0.25) is 0 Å². The first-order valence-electron chi connectivity index (χ1n) is 7.24. The van der Waals surface area contributed by atoms with Gasteiger partial charge in [0.25, 0.3) is 0 Å². The first-order valence-corrected chi connectivity index (χ1v) is 7.24. The van der Waals surface area contributed by atoms with Crippen LogP contribution in [0.3, 0.4) is 0 Å². The largest absolute Gasteiger partial charge is 0.478 e. The van der Waals surface area contributed by atoms with Crippen molar-refractivity contribution in [2.75, 3.05) is 17.2 Å². The molecule has 0 saturated heterocycles. The second-order valence-electron chi connectivity index (χ2n) is 5.92. The van der Waals surface area contributed by atoms with E-state index in [9.17, 15) is 9.90 Å². The molecule has 0 atom stereocenters. The Hall–Kier alpha value is -1.78. The summed E-state index contributed by atoms with van der Waals surface area (Å²) in [6, 6.07) is 2.08. The Balaban J connectivity index is 2.32. The number of aromatic carboxylic acids is 1. The van der Waals surface area contributed by atoms with Gasteiger partial charge in [-0.15, -0.1) is 0 Å². The lowest BCUT2D eigenvalue weighted by molar-refractivity contribution is 0.0698. The standard InChI is InChI=1S/C15H23N3O2/c1-10(2)9-18(11-5-3-4-6-11)14-7-12(15(19)20)13(16)8-17-14/h7-8,10-11H,3-6,9,16H2,1-2H3,(H,19,20). The third-order valence-electron chi connectivity index (χ3n) is 3.77. The van der Waals surface area contributed by atoms with Crippen LogP contribution >= 0.6 is 0 Å². The predicted molar refractivity (Wildman–Crippen MR) is 80.0 cm³/mol. The third kappa shape index (κ3) is 3.21. The van der Waals surface area contributed by atoms with Gasteiger partial charge in [-0.1, -0.05) is 26.7 Å². The fourth-order valence-electron chi connectivity index (χ4n) is 2.84. The van der Waals surface area contributed by atoms with Crippen LogP contribution in [0.4, 0.5) is 11.5 Å². The maximum absolute atomic E-state index is 11.2. The van der Waals surface area contributed by atoms with Gasteiger partial charge in [0.1, 0.15) is 5.82 Å². The number of nitrogens with two attached hydrogens (primary N) is 1. The number of carboxylic acid groups (broad SMARTS) is 1. The molecule has 3 N–H and O–H groups in total. The first-order chi connectivity index (χ1) is 9.49. The molecule has 2 rings (SSSR count). The molecule has 0 unspecified atom stereocenters. The van der Waals surface area contributed by atoms with Crippen molar-refractivity contribution in [3.63, 3.8) is 0 Å². The number of carbonyl (C=O) groups is 1. The molecular formula is C15H23N3O2. The maximum atomic E-state index is 11.2. The summed E-state index contributed by atoms with van der Waals surface area (Å²) < 4.78 is 0. The number of nitrogen functional groups attached to an aromatic ring is 1. The van der Waals surface area contributed by atoms with Gasteiger partial charge in [0.15, 0.2) is 0 Å². The highest BCUT2D eigenvalue weighted by Crippen LogP contribution is 2.29. The quantitative estimate of drug-likeness (QED) is 0.865. The number of carboxylic acids is 1. The van der Waals surface area contributed by atoms with Gasteiger partial charge >= 0.3 is 5.97 Å². The lowest BCUT2D eigenvalue weighted by atomic mass is 10.1. The van der Waals surface area contributed by atoms with E-state index in [1.807, 2.05) is 0 Å². The molecule has 1 aromatic rings. The van der Waals surface area contributed by atoms with E-state index in [0.29, 0.717) is 12.0 Å².